The van der Waals surface area contributed by atoms with Crippen molar-refractivity contribution < 1.29 is 4.79 Å². The molecule has 0 saturated carbocycles. The molecule has 1 aromatic carbocycles. The fourth-order valence-electron chi connectivity index (χ4n) is 4.21. The number of nitrogens with one attached hydrogen (secondary N) is 1. The molecular weight excluding hydrogens is 334 g/mol. The highest BCUT2D eigenvalue weighted by Crippen LogP contribution is 2.28. The lowest BCUT2D eigenvalue weighted by molar-refractivity contribution is -0.119. The molecule has 1 unspecified atom stereocenters. The molecule has 27 heavy (non-hydrogen) atoms. The highest BCUT2D eigenvalue weighted by atomic mass is 16.1. The molecule has 1 atom stereocenters. The number of piperidine rings is 3. The van der Waals surface area contributed by atoms with Crippen LogP contribution in [0.1, 0.15) is 24.0 Å². The van der Waals surface area contributed by atoms with Gasteiger partial charge in [0, 0.05) is 31.5 Å². The van der Waals surface area contributed by atoms with Crippen LogP contribution in [-0.2, 0) is 4.79 Å². The lowest BCUT2D eigenvalue weighted by Crippen LogP contribution is -2.57. The van der Waals surface area contributed by atoms with Gasteiger partial charge < -0.3 is 15.1 Å². The third kappa shape index (κ3) is 4.69. The van der Waals surface area contributed by atoms with Gasteiger partial charge in [-0.2, -0.15) is 0 Å². The Bertz CT molecular complexity index is 757. The van der Waals surface area contributed by atoms with Crippen molar-refractivity contribution in [3.63, 3.8) is 0 Å². The van der Waals surface area contributed by atoms with Gasteiger partial charge in [0.05, 0.1) is 5.57 Å². The van der Waals surface area contributed by atoms with Gasteiger partial charge >= 0.3 is 0 Å². The zero-order chi connectivity index (χ0) is 19.4. The summed E-state index contributed by atoms with van der Waals surface area (Å²) in [4.78, 5) is 17.5. The first-order valence-corrected chi connectivity index (χ1v) is 9.82. The minimum absolute atomic E-state index is 0.0107. The van der Waals surface area contributed by atoms with E-state index in [9.17, 15) is 4.79 Å². The maximum absolute atomic E-state index is 13.0. The number of carbonyl (C=O) groups excluding carboxylic acids is 1. The minimum atomic E-state index is -0.0107. The fraction of sp³-hybridized carbons (Fsp3) is 0.435. The topological polar surface area (TPSA) is 35.6 Å². The lowest BCUT2D eigenvalue weighted by Gasteiger charge is -2.45. The first-order valence-electron chi connectivity index (χ1n) is 9.82. The van der Waals surface area contributed by atoms with Crippen molar-refractivity contribution in [1.29, 1.82) is 0 Å². The molecule has 3 aliphatic rings. The Hall–Kier alpha value is -2.33. The molecule has 3 saturated heterocycles. The van der Waals surface area contributed by atoms with Crippen LogP contribution in [0.3, 0.4) is 0 Å². The van der Waals surface area contributed by atoms with Gasteiger partial charge in [-0.1, -0.05) is 36.4 Å². The zero-order valence-corrected chi connectivity index (χ0v) is 16.7. The molecular formula is C23H31N3O. The van der Waals surface area contributed by atoms with Gasteiger partial charge in [0.1, 0.15) is 0 Å². The Labute approximate surface area is 163 Å². The summed E-state index contributed by atoms with van der Waals surface area (Å²) in [6.07, 6.45) is 9.65. The van der Waals surface area contributed by atoms with Crippen molar-refractivity contribution in [2.45, 2.75) is 32.7 Å². The zero-order valence-electron chi connectivity index (χ0n) is 16.7. The second kappa shape index (κ2) is 8.57. The number of benzene rings is 1. The number of hydrogen-bond acceptors (Lipinski definition) is 3. The van der Waals surface area contributed by atoms with Crippen LogP contribution in [0.15, 0.2) is 54.8 Å². The molecule has 4 heteroatoms. The summed E-state index contributed by atoms with van der Waals surface area (Å²) in [6.45, 7) is 11.2. The van der Waals surface area contributed by atoms with E-state index in [0.29, 0.717) is 11.5 Å². The van der Waals surface area contributed by atoms with Crippen molar-refractivity contribution >= 4 is 11.6 Å². The normalized spacial score (nSPS) is 24.9. The monoisotopic (exact) mass is 365 g/mol. The molecule has 2 bridgehead atoms. The Balaban J connectivity index is 1.77. The van der Waals surface area contributed by atoms with Gasteiger partial charge in [0.15, 0.2) is 0 Å². The number of nitrogens with zero attached hydrogens (tertiary/aromatic N) is 2. The van der Waals surface area contributed by atoms with Crippen LogP contribution in [0.5, 0.6) is 0 Å². The number of amides is 1. The highest BCUT2D eigenvalue weighted by Gasteiger charge is 2.35. The van der Waals surface area contributed by atoms with E-state index in [4.69, 9.17) is 0 Å². The largest absolute Gasteiger partial charge is 0.350 e. The third-order valence-corrected chi connectivity index (χ3v) is 5.71. The van der Waals surface area contributed by atoms with Gasteiger partial charge in [0.25, 0.3) is 5.91 Å². The standard InChI is InChI=1S/C23H31N3O/c1-5-6-7-20(15-25(4)22-9-8-17(2)14-18(22)3)23(27)24-21-16-26-12-10-19(21)11-13-26/h5-9,14-15,19,21H,1,10-13,16H2,2-4H3,(H,24,27)/b7-6-,20-15+. The van der Waals surface area contributed by atoms with Gasteiger partial charge in [-0.05, 0) is 63.4 Å². The smallest absolute Gasteiger partial charge is 0.253 e. The molecule has 0 spiro atoms. The maximum atomic E-state index is 13.0. The Morgan fingerprint density at radius 2 is 2.04 bits per heavy atom. The van der Waals surface area contributed by atoms with Gasteiger partial charge in [-0.3, -0.25) is 4.79 Å². The molecule has 3 aliphatic heterocycles. The van der Waals surface area contributed by atoms with E-state index in [1.165, 1.54) is 37.1 Å². The predicted molar refractivity (Wildman–Crippen MR) is 113 cm³/mol. The number of carbonyl (C=O) groups is 1. The first-order chi connectivity index (χ1) is 13.0. The van der Waals surface area contributed by atoms with Crippen molar-refractivity contribution in [2.24, 2.45) is 5.92 Å². The van der Waals surface area contributed by atoms with Crippen molar-refractivity contribution in [2.75, 3.05) is 31.6 Å². The van der Waals surface area contributed by atoms with Gasteiger partial charge in [-0.25, -0.2) is 0 Å². The predicted octanol–water partition coefficient (Wildman–Crippen LogP) is 3.58. The molecule has 0 radical (unpaired) electrons. The molecule has 4 rings (SSSR count). The van der Waals surface area contributed by atoms with E-state index in [-0.39, 0.29) is 11.9 Å². The average Bonchev–Trinajstić information content (AvgIpc) is 2.65. The van der Waals surface area contributed by atoms with Crippen LogP contribution in [0.2, 0.25) is 0 Å². The maximum Gasteiger partial charge on any atom is 0.253 e. The number of rotatable bonds is 6. The van der Waals surface area contributed by atoms with E-state index < -0.39 is 0 Å². The average molecular weight is 366 g/mol. The van der Waals surface area contributed by atoms with Gasteiger partial charge in [-0.15, -0.1) is 0 Å². The summed E-state index contributed by atoms with van der Waals surface area (Å²) in [7, 11) is 1.99. The van der Waals surface area contributed by atoms with E-state index in [1.54, 1.807) is 6.08 Å². The molecule has 1 aromatic rings. The Morgan fingerprint density at radius 3 is 2.63 bits per heavy atom. The summed E-state index contributed by atoms with van der Waals surface area (Å²) >= 11 is 0. The summed E-state index contributed by atoms with van der Waals surface area (Å²) < 4.78 is 0. The summed E-state index contributed by atoms with van der Waals surface area (Å²) in [5, 5.41) is 3.28. The van der Waals surface area contributed by atoms with E-state index in [0.717, 1.165) is 12.2 Å². The lowest BCUT2D eigenvalue weighted by atomic mass is 9.84. The van der Waals surface area contributed by atoms with Crippen LogP contribution in [0.25, 0.3) is 0 Å². The van der Waals surface area contributed by atoms with Crippen LogP contribution in [0, 0.1) is 19.8 Å². The Morgan fingerprint density at radius 1 is 1.30 bits per heavy atom. The SMILES string of the molecule is C=C/C=C\C(=C/N(C)c1ccc(C)cc1C)C(=O)NC1CN2CCC1CC2. The fourth-order valence-corrected chi connectivity index (χ4v) is 4.21. The number of hydrogen-bond donors (Lipinski definition) is 1. The molecule has 1 N–H and O–H groups in total. The van der Waals surface area contributed by atoms with Crippen molar-refractivity contribution in [1.82, 2.24) is 10.2 Å². The van der Waals surface area contributed by atoms with E-state index >= 15 is 0 Å². The van der Waals surface area contributed by atoms with Gasteiger partial charge in [0.2, 0.25) is 0 Å². The van der Waals surface area contributed by atoms with Crippen LogP contribution >= 0.6 is 0 Å². The first kappa shape index (κ1) is 19.4. The quantitative estimate of drug-likeness (QED) is 0.618. The van der Waals surface area contributed by atoms with E-state index in [1.807, 2.05) is 30.3 Å². The molecule has 144 valence electrons. The summed E-state index contributed by atoms with van der Waals surface area (Å²) in [6, 6.07) is 6.61. The Kier molecular flexibility index (Phi) is 6.17. The van der Waals surface area contributed by atoms with Crippen molar-refractivity contribution in [3.05, 3.63) is 65.9 Å². The third-order valence-electron chi connectivity index (χ3n) is 5.71. The summed E-state index contributed by atoms with van der Waals surface area (Å²) in [5.74, 6) is 0.601. The van der Waals surface area contributed by atoms with Crippen molar-refractivity contribution in [3.8, 4) is 0 Å². The van der Waals surface area contributed by atoms with E-state index in [2.05, 4.69) is 48.8 Å². The molecule has 3 fully saturated rings. The number of anilines is 1. The van der Waals surface area contributed by atoms with Crippen LogP contribution in [-0.4, -0.2) is 43.5 Å². The summed E-state index contributed by atoms with van der Waals surface area (Å²) in [5.41, 5.74) is 4.17. The minimum Gasteiger partial charge on any atom is -0.350 e. The number of fused-ring (bicyclic) bond motifs is 3. The molecule has 4 nitrogen and oxygen atoms in total. The number of allylic oxidation sites excluding steroid dienone is 2. The highest BCUT2D eigenvalue weighted by molar-refractivity contribution is 5.97. The van der Waals surface area contributed by atoms with Crippen LogP contribution < -0.4 is 10.2 Å². The second-order valence-electron chi connectivity index (χ2n) is 7.80. The molecule has 1 amide bonds. The molecule has 3 heterocycles. The molecule has 0 aliphatic carbocycles. The van der Waals surface area contributed by atoms with Crippen LogP contribution in [0.4, 0.5) is 5.69 Å². The molecule has 0 aromatic heterocycles. The second-order valence-corrected chi connectivity index (χ2v) is 7.80. The number of aryl methyl sites for hydroxylation is 2.